The molecule has 0 saturated carbocycles. The maximum Gasteiger partial charge on any atom is 0.255 e. The standard InChI is InChI=1S/C16H13FN2O3/c17-10-5-4-9-14-8(10)2-1-3-11(14)19(16(9)22)12-6-7-13(20)18-15(12)21/h1-3,12H,4-7H2,(H,18,20,21). The molecule has 1 aromatic rings. The van der Waals surface area contributed by atoms with Crippen molar-refractivity contribution in [1.82, 2.24) is 5.32 Å². The summed E-state index contributed by atoms with van der Waals surface area (Å²) in [5, 5.41) is 3.33. The zero-order valence-corrected chi connectivity index (χ0v) is 11.7. The number of amides is 3. The summed E-state index contributed by atoms with van der Waals surface area (Å²) in [5.74, 6) is -1.26. The van der Waals surface area contributed by atoms with Gasteiger partial charge in [-0.1, -0.05) is 12.1 Å². The minimum atomic E-state index is -0.710. The first-order chi connectivity index (χ1) is 10.6. The quantitative estimate of drug-likeness (QED) is 0.734. The van der Waals surface area contributed by atoms with Crippen molar-refractivity contribution >= 4 is 34.8 Å². The Morgan fingerprint density at radius 1 is 1.14 bits per heavy atom. The van der Waals surface area contributed by atoms with Crippen molar-refractivity contribution in [2.75, 3.05) is 4.90 Å². The second-order valence-corrected chi connectivity index (χ2v) is 5.73. The fourth-order valence-corrected chi connectivity index (χ4v) is 3.49. The van der Waals surface area contributed by atoms with Gasteiger partial charge in [-0.05, 0) is 18.9 Å². The lowest BCUT2D eigenvalue weighted by atomic mass is 10.00. The molecule has 0 bridgehead atoms. The van der Waals surface area contributed by atoms with Gasteiger partial charge in [0.15, 0.2) is 0 Å². The van der Waals surface area contributed by atoms with Crippen molar-refractivity contribution < 1.29 is 18.8 Å². The van der Waals surface area contributed by atoms with E-state index in [1.807, 2.05) is 0 Å². The molecule has 2 heterocycles. The predicted molar refractivity (Wildman–Crippen MR) is 76.5 cm³/mol. The van der Waals surface area contributed by atoms with E-state index in [1.165, 1.54) is 4.90 Å². The van der Waals surface area contributed by atoms with Gasteiger partial charge in [-0.25, -0.2) is 4.39 Å². The van der Waals surface area contributed by atoms with Crippen LogP contribution in [0.5, 0.6) is 0 Å². The van der Waals surface area contributed by atoms with E-state index in [-0.39, 0.29) is 30.5 Å². The first-order valence-corrected chi connectivity index (χ1v) is 7.26. The Kier molecular flexibility index (Phi) is 2.69. The molecule has 2 aliphatic heterocycles. The third-order valence-electron chi connectivity index (χ3n) is 4.49. The number of benzene rings is 1. The molecule has 1 N–H and O–H groups in total. The van der Waals surface area contributed by atoms with E-state index in [4.69, 9.17) is 0 Å². The molecular formula is C16H13FN2O3. The number of halogens is 1. The van der Waals surface area contributed by atoms with Crippen LogP contribution >= 0.6 is 0 Å². The van der Waals surface area contributed by atoms with Gasteiger partial charge in [-0.3, -0.25) is 24.6 Å². The predicted octanol–water partition coefficient (Wildman–Crippen LogP) is -0.139. The molecule has 22 heavy (non-hydrogen) atoms. The molecule has 1 aromatic carbocycles. The lowest BCUT2D eigenvalue weighted by Crippen LogP contribution is -2.54. The fourth-order valence-electron chi connectivity index (χ4n) is 3.49. The Hall–Kier alpha value is -2.50. The van der Waals surface area contributed by atoms with E-state index in [0.717, 1.165) is 0 Å². The number of nitrogens with one attached hydrogen (secondary N) is 1. The largest absolute Gasteiger partial charge is 0.295 e. The van der Waals surface area contributed by atoms with E-state index in [1.54, 1.807) is 18.2 Å². The van der Waals surface area contributed by atoms with Crippen molar-refractivity contribution in [1.29, 1.82) is 0 Å². The first kappa shape index (κ1) is 13.2. The Morgan fingerprint density at radius 3 is 2.73 bits per heavy atom. The van der Waals surface area contributed by atoms with Crippen molar-refractivity contribution in [3.05, 3.63) is 28.6 Å². The molecule has 0 radical (unpaired) electrons. The summed E-state index contributed by atoms with van der Waals surface area (Å²) >= 11 is 0. The third-order valence-corrected chi connectivity index (χ3v) is 4.49. The van der Waals surface area contributed by atoms with Crippen LogP contribution in [-0.2, 0) is 14.4 Å². The summed E-state index contributed by atoms with van der Waals surface area (Å²) < 4.78 is 14.0. The number of imide groups is 1. The summed E-state index contributed by atoms with van der Waals surface area (Å²) in [7, 11) is 0. The number of anilines is 1. The highest BCUT2D eigenvalue weighted by Crippen LogP contribution is 2.30. The topological polar surface area (TPSA) is 66.5 Å². The zero-order valence-electron chi connectivity index (χ0n) is 11.7. The summed E-state index contributed by atoms with van der Waals surface area (Å²) in [4.78, 5) is 37.5. The molecular weight excluding hydrogens is 287 g/mol. The number of carbonyl (C=O) groups excluding carboxylic acids is 3. The minimum absolute atomic E-state index is 0.199. The fraction of sp³-hybridized carbons (Fsp3) is 0.312. The van der Waals surface area contributed by atoms with Crippen LogP contribution in [0.15, 0.2) is 18.2 Å². The third kappa shape index (κ3) is 1.66. The molecule has 3 aliphatic rings. The molecule has 1 unspecified atom stereocenters. The van der Waals surface area contributed by atoms with Gasteiger partial charge in [0.1, 0.15) is 11.9 Å². The monoisotopic (exact) mass is 300 g/mol. The van der Waals surface area contributed by atoms with E-state index in [2.05, 4.69) is 5.32 Å². The number of hydrogen-bond acceptors (Lipinski definition) is 3. The maximum atomic E-state index is 14.0. The molecule has 4 rings (SSSR count). The number of carbonyl (C=O) groups is 3. The highest BCUT2D eigenvalue weighted by Gasteiger charge is 2.41. The number of hydrogen-bond donors (Lipinski definition) is 1. The number of rotatable bonds is 1. The Morgan fingerprint density at radius 2 is 1.95 bits per heavy atom. The average Bonchev–Trinajstić information content (AvgIpc) is 2.77. The summed E-state index contributed by atoms with van der Waals surface area (Å²) in [6, 6.07) is 4.37. The normalized spacial score (nSPS) is 23.8. The van der Waals surface area contributed by atoms with Crippen LogP contribution in [-0.4, -0.2) is 23.8 Å². The van der Waals surface area contributed by atoms with Crippen molar-refractivity contribution in [3.8, 4) is 0 Å². The molecule has 5 nitrogen and oxygen atoms in total. The highest BCUT2D eigenvalue weighted by molar-refractivity contribution is 6.27. The van der Waals surface area contributed by atoms with Crippen molar-refractivity contribution in [3.63, 3.8) is 0 Å². The number of piperidine rings is 1. The van der Waals surface area contributed by atoms with Crippen LogP contribution in [0.3, 0.4) is 0 Å². The number of nitrogens with zero attached hydrogens (tertiary/aromatic N) is 1. The van der Waals surface area contributed by atoms with Gasteiger partial charge in [0, 0.05) is 28.9 Å². The van der Waals surface area contributed by atoms with Crippen LogP contribution in [0.4, 0.5) is 10.1 Å². The van der Waals surface area contributed by atoms with Gasteiger partial charge in [0.2, 0.25) is 11.8 Å². The molecule has 1 saturated heterocycles. The van der Waals surface area contributed by atoms with Crippen LogP contribution in [0.2, 0.25) is 0 Å². The zero-order chi connectivity index (χ0) is 15.4. The molecule has 0 spiro atoms. The second-order valence-electron chi connectivity index (χ2n) is 5.73. The molecule has 1 aliphatic carbocycles. The molecule has 1 fully saturated rings. The Balaban J connectivity index is 1.88. The van der Waals surface area contributed by atoms with Crippen LogP contribution < -0.4 is 20.7 Å². The van der Waals surface area contributed by atoms with Gasteiger partial charge >= 0.3 is 0 Å². The highest BCUT2D eigenvalue weighted by atomic mass is 19.1. The molecule has 6 heteroatoms. The van der Waals surface area contributed by atoms with Gasteiger partial charge < -0.3 is 0 Å². The SMILES string of the molecule is O=C1CCC(N2C(=O)C3=c4c2cccc4=C(F)CC3)C(=O)N1. The molecule has 0 aromatic heterocycles. The smallest absolute Gasteiger partial charge is 0.255 e. The lowest BCUT2D eigenvalue weighted by molar-refractivity contribution is -0.135. The summed E-state index contributed by atoms with van der Waals surface area (Å²) in [5.41, 5.74) is 1.14. The van der Waals surface area contributed by atoms with Gasteiger partial charge in [-0.15, -0.1) is 0 Å². The first-order valence-electron chi connectivity index (χ1n) is 7.26. The van der Waals surface area contributed by atoms with Crippen LogP contribution in [0.25, 0.3) is 11.4 Å². The van der Waals surface area contributed by atoms with E-state index in [0.29, 0.717) is 34.5 Å². The van der Waals surface area contributed by atoms with Crippen molar-refractivity contribution in [2.24, 2.45) is 0 Å². The van der Waals surface area contributed by atoms with Gasteiger partial charge in [0.05, 0.1) is 5.69 Å². The summed E-state index contributed by atoms with van der Waals surface area (Å²) in [6.07, 6.45) is 1.05. The van der Waals surface area contributed by atoms with Gasteiger partial charge in [0.25, 0.3) is 5.91 Å². The Bertz CT molecular complexity index is 859. The van der Waals surface area contributed by atoms with Crippen LogP contribution in [0, 0.1) is 0 Å². The van der Waals surface area contributed by atoms with Crippen molar-refractivity contribution in [2.45, 2.75) is 31.7 Å². The maximum absolute atomic E-state index is 14.0. The van der Waals surface area contributed by atoms with E-state index >= 15 is 0 Å². The van der Waals surface area contributed by atoms with Crippen LogP contribution in [0.1, 0.15) is 25.7 Å². The van der Waals surface area contributed by atoms with E-state index in [9.17, 15) is 18.8 Å². The molecule has 112 valence electrons. The average molecular weight is 300 g/mol. The summed E-state index contributed by atoms with van der Waals surface area (Å²) in [6.45, 7) is 0. The van der Waals surface area contributed by atoms with Gasteiger partial charge in [-0.2, -0.15) is 0 Å². The Labute approximate surface area is 125 Å². The minimum Gasteiger partial charge on any atom is -0.295 e. The molecule has 1 atom stereocenters. The van der Waals surface area contributed by atoms with E-state index < -0.39 is 11.9 Å². The second kappa shape index (κ2) is 4.50. The molecule has 3 amide bonds. The lowest BCUT2D eigenvalue weighted by Gasteiger charge is -2.30.